The van der Waals surface area contributed by atoms with Crippen molar-refractivity contribution >= 4 is 11.9 Å². The Hall–Kier alpha value is -2.86. The molecule has 2 fully saturated rings. The summed E-state index contributed by atoms with van der Waals surface area (Å²) in [6, 6.07) is 11.4. The Morgan fingerprint density at radius 1 is 0.816 bits per heavy atom. The molecule has 38 heavy (non-hydrogen) atoms. The van der Waals surface area contributed by atoms with E-state index in [2.05, 4.69) is 0 Å². The van der Waals surface area contributed by atoms with Crippen molar-refractivity contribution in [3.8, 4) is 0 Å². The van der Waals surface area contributed by atoms with Crippen molar-refractivity contribution in [2.75, 3.05) is 6.61 Å². The van der Waals surface area contributed by atoms with E-state index < -0.39 is 59.4 Å². The molecule has 3 unspecified atom stereocenters. The van der Waals surface area contributed by atoms with E-state index >= 15 is 0 Å². The lowest BCUT2D eigenvalue weighted by atomic mass is 9.30. The van der Waals surface area contributed by atoms with E-state index in [4.69, 9.17) is 9.47 Å². The summed E-state index contributed by atoms with van der Waals surface area (Å²) in [4.78, 5) is 24.4. The molecule has 206 valence electrons. The number of rotatable bonds is 8. The molecule has 2 aliphatic rings. The van der Waals surface area contributed by atoms with Gasteiger partial charge in [0.1, 0.15) is 22.9 Å². The maximum atomic E-state index is 12.2. The molecule has 2 saturated carbocycles. The van der Waals surface area contributed by atoms with Gasteiger partial charge in [0, 0.05) is 5.92 Å². The third-order valence-corrected chi connectivity index (χ3v) is 7.67. The summed E-state index contributed by atoms with van der Waals surface area (Å²) in [5, 5.41) is 66.5. The van der Waals surface area contributed by atoms with Gasteiger partial charge in [0.15, 0.2) is 0 Å². The summed E-state index contributed by atoms with van der Waals surface area (Å²) in [5.41, 5.74) is -6.28. The van der Waals surface area contributed by atoms with Gasteiger partial charge in [-0.25, -0.2) is 9.59 Å². The summed E-state index contributed by atoms with van der Waals surface area (Å²) < 4.78 is 10.3. The van der Waals surface area contributed by atoms with Gasteiger partial charge in [-0.1, -0.05) is 24.3 Å². The molecule has 0 aliphatic heterocycles. The number of hydrogen-bond donors (Lipinski definition) is 6. The Balaban J connectivity index is 1.69. The minimum Gasteiger partial charge on any atom is -0.459 e. The molecule has 10 nitrogen and oxygen atoms in total. The molecule has 0 amide bonds. The van der Waals surface area contributed by atoms with Crippen molar-refractivity contribution in [3.63, 3.8) is 0 Å². The predicted octanol–water partition coefficient (Wildman–Crippen LogP) is 0.619. The van der Waals surface area contributed by atoms with E-state index in [-0.39, 0.29) is 28.9 Å². The lowest BCUT2D eigenvalue weighted by Gasteiger charge is -2.80. The lowest BCUT2D eigenvalue weighted by Crippen LogP contribution is -2.99. The Bertz CT molecular complexity index is 1190. The van der Waals surface area contributed by atoms with Crippen molar-refractivity contribution in [1.29, 1.82) is 0 Å². The van der Waals surface area contributed by atoms with E-state index in [0.717, 1.165) is 0 Å². The van der Waals surface area contributed by atoms with Crippen LogP contribution in [0.5, 0.6) is 0 Å². The van der Waals surface area contributed by atoms with Crippen molar-refractivity contribution in [2.45, 2.75) is 80.7 Å². The summed E-state index contributed by atoms with van der Waals surface area (Å²) in [7, 11) is 0. The van der Waals surface area contributed by atoms with Crippen LogP contribution in [-0.2, 0) is 9.47 Å². The Kier molecular flexibility index (Phi) is 7.19. The second-order valence-electron chi connectivity index (χ2n) is 10.6. The van der Waals surface area contributed by atoms with Crippen molar-refractivity contribution in [3.05, 3.63) is 70.8 Å². The van der Waals surface area contributed by atoms with Crippen LogP contribution in [0.3, 0.4) is 0 Å². The summed E-state index contributed by atoms with van der Waals surface area (Å²) in [6.45, 7) is 5.88. The van der Waals surface area contributed by atoms with E-state index in [0.29, 0.717) is 5.56 Å². The van der Waals surface area contributed by atoms with Gasteiger partial charge >= 0.3 is 11.9 Å². The van der Waals surface area contributed by atoms with Gasteiger partial charge in [0.2, 0.25) is 0 Å². The summed E-state index contributed by atoms with van der Waals surface area (Å²) >= 11 is 0. The minimum atomic E-state index is -2.48. The van der Waals surface area contributed by atoms with Crippen LogP contribution in [-0.4, -0.2) is 90.4 Å². The van der Waals surface area contributed by atoms with Crippen LogP contribution in [0.2, 0.25) is 0 Å². The van der Waals surface area contributed by atoms with Crippen LogP contribution < -0.4 is 0 Å². The lowest BCUT2D eigenvalue weighted by molar-refractivity contribution is -0.459. The highest BCUT2D eigenvalue weighted by molar-refractivity contribution is 5.90. The predicted molar refractivity (Wildman–Crippen MR) is 133 cm³/mol. The molecule has 2 aliphatic carbocycles. The van der Waals surface area contributed by atoms with Crippen LogP contribution in [0.1, 0.15) is 71.4 Å². The van der Waals surface area contributed by atoms with Crippen LogP contribution >= 0.6 is 0 Å². The normalized spacial score (nSPS) is 32.7. The van der Waals surface area contributed by atoms with E-state index in [1.807, 2.05) is 0 Å². The Morgan fingerprint density at radius 3 is 1.63 bits per heavy atom. The average Bonchev–Trinajstić information content (AvgIpc) is 2.87. The van der Waals surface area contributed by atoms with Crippen molar-refractivity contribution in [1.82, 2.24) is 0 Å². The molecule has 2 aromatic carbocycles. The first kappa shape index (κ1) is 28.2. The molecule has 4 rings (SSSR count). The van der Waals surface area contributed by atoms with Gasteiger partial charge < -0.3 is 40.1 Å². The maximum absolute atomic E-state index is 12.2. The smallest absolute Gasteiger partial charge is 0.338 e. The topological polar surface area (TPSA) is 174 Å². The second-order valence-corrected chi connectivity index (χ2v) is 10.6. The molecule has 0 spiro atoms. The minimum absolute atomic E-state index is 0.207. The first-order chi connectivity index (χ1) is 17.7. The Labute approximate surface area is 220 Å². The maximum Gasteiger partial charge on any atom is 0.338 e. The number of hydrogen-bond acceptors (Lipinski definition) is 10. The van der Waals surface area contributed by atoms with Gasteiger partial charge in [-0.3, -0.25) is 0 Å². The van der Waals surface area contributed by atoms with E-state index in [9.17, 15) is 40.2 Å². The largest absolute Gasteiger partial charge is 0.459 e. The second kappa shape index (κ2) is 9.71. The van der Waals surface area contributed by atoms with Crippen LogP contribution in [0, 0.1) is 0 Å². The number of fused-ring (bicyclic) bond motifs is 1. The number of carbonyl (C=O) groups is 2. The molecular formula is C28H34O10. The van der Waals surface area contributed by atoms with Crippen LogP contribution in [0.15, 0.2) is 48.5 Å². The van der Waals surface area contributed by atoms with Gasteiger partial charge in [0.25, 0.3) is 0 Å². The number of benzene rings is 2. The standard InChI is InChI=1S/C28H34O10/c1-14(2)37-24(32)18-9-5-16(6-10-18)21-23(31)27(35)22(26(34,20(30)13-29)28(21,27)36)17-7-11-19(12-8-17)25(33)38-15(3)4/h5-12,14-15,20-23,29-31,34-36H,13H2,1-4H3/t20-,21?,22?,23?,26+,27+,28+/m1/s1. The monoisotopic (exact) mass is 530 g/mol. The molecule has 6 N–H and O–H groups in total. The van der Waals surface area contributed by atoms with E-state index in [1.165, 1.54) is 48.5 Å². The fourth-order valence-electron chi connectivity index (χ4n) is 6.02. The van der Waals surface area contributed by atoms with Gasteiger partial charge in [0.05, 0.1) is 42.0 Å². The quantitative estimate of drug-likeness (QED) is 0.266. The zero-order valence-corrected chi connectivity index (χ0v) is 21.6. The highest BCUT2D eigenvalue weighted by atomic mass is 16.5. The molecule has 2 aromatic rings. The fraction of sp³-hybridized carbons (Fsp3) is 0.500. The number of esters is 2. The third-order valence-electron chi connectivity index (χ3n) is 7.67. The molecular weight excluding hydrogens is 496 g/mol. The number of ether oxygens (including phenoxy) is 2. The molecule has 0 aromatic heterocycles. The van der Waals surface area contributed by atoms with Crippen molar-refractivity contribution in [2.24, 2.45) is 0 Å². The number of carbonyl (C=O) groups excluding carboxylic acids is 2. The number of aliphatic hydroxyl groups is 6. The van der Waals surface area contributed by atoms with Gasteiger partial charge in [-0.2, -0.15) is 0 Å². The molecule has 0 saturated heterocycles. The SMILES string of the molecule is CC(C)OC(=O)c1ccc(C2C(O)[C@@]3(O)C(c4ccc(C(=O)OC(C)C)cc4)[C@@](O)([C@H](O)CO)[C@@]23O)cc1. The van der Waals surface area contributed by atoms with Gasteiger partial charge in [-0.15, -0.1) is 0 Å². The molecule has 7 atom stereocenters. The summed E-state index contributed by atoms with van der Waals surface area (Å²) in [5.74, 6) is -3.81. The molecule has 10 heteroatoms. The summed E-state index contributed by atoms with van der Waals surface area (Å²) in [6.07, 6.45) is -4.14. The molecule has 0 heterocycles. The first-order valence-electron chi connectivity index (χ1n) is 12.5. The highest BCUT2D eigenvalue weighted by Crippen LogP contribution is 2.75. The fourth-order valence-corrected chi connectivity index (χ4v) is 6.02. The highest BCUT2D eigenvalue weighted by Gasteiger charge is 2.93. The zero-order chi connectivity index (χ0) is 28.2. The van der Waals surface area contributed by atoms with E-state index in [1.54, 1.807) is 27.7 Å². The first-order valence-corrected chi connectivity index (χ1v) is 12.5. The molecule has 0 radical (unpaired) electrons. The average molecular weight is 531 g/mol. The van der Waals surface area contributed by atoms with Crippen LogP contribution in [0.4, 0.5) is 0 Å². The number of aliphatic hydroxyl groups excluding tert-OH is 3. The third kappa shape index (κ3) is 3.78. The van der Waals surface area contributed by atoms with Crippen LogP contribution in [0.25, 0.3) is 0 Å². The van der Waals surface area contributed by atoms with Crippen molar-refractivity contribution < 1.29 is 49.7 Å². The molecule has 0 bridgehead atoms. The zero-order valence-electron chi connectivity index (χ0n) is 21.6. The van der Waals surface area contributed by atoms with Gasteiger partial charge in [-0.05, 0) is 63.1 Å². The Morgan fingerprint density at radius 2 is 1.24 bits per heavy atom.